The summed E-state index contributed by atoms with van der Waals surface area (Å²) in [6, 6.07) is 13.0. The maximum absolute atomic E-state index is 8.65. The van der Waals surface area contributed by atoms with Crippen LogP contribution in [0.3, 0.4) is 0 Å². The minimum atomic E-state index is 0.0273. The lowest BCUT2D eigenvalue weighted by molar-refractivity contribution is 0.976. The van der Waals surface area contributed by atoms with Gasteiger partial charge in [0.25, 0.3) is 0 Å². The summed E-state index contributed by atoms with van der Waals surface area (Å²) in [7, 11) is 0. The van der Waals surface area contributed by atoms with Gasteiger partial charge in [0.15, 0.2) is 5.16 Å². The molecule has 0 bridgehead atoms. The summed E-state index contributed by atoms with van der Waals surface area (Å²) in [6.07, 6.45) is 5.04. The first-order valence-corrected chi connectivity index (χ1v) is 7.23. The second-order valence-electron chi connectivity index (χ2n) is 3.93. The van der Waals surface area contributed by atoms with E-state index in [4.69, 9.17) is 10.5 Å². The molecule has 0 unspecified atom stereocenters. The van der Waals surface area contributed by atoms with Gasteiger partial charge in [0.05, 0.1) is 5.69 Å². The Hall–Kier alpha value is -2.83. The van der Waals surface area contributed by atoms with Gasteiger partial charge in [-0.15, -0.1) is 0 Å². The fourth-order valence-electron chi connectivity index (χ4n) is 1.58. The molecule has 21 heavy (non-hydrogen) atoms. The highest BCUT2D eigenvalue weighted by Gasteiger charge is 2.01. The van der Waals surface area contributed by atoms with Crippen LogP contribution in [-0.4, -0.2) is 16.2 Å². The number of hydrogen-bond acceptors (Lipinski definition) is 6. The van der Waals surface area contributed by atoms with Crippen LogP contribution in [0.15, 0.2) is 53.5 Å². The number of aromatic nitrogens is 2. The van der Waals surface area contributed by atoms with Crippen molar-refractivity contribution in [1.82, 2.24) is 9.97 Å². The van der Waals surface area contributed by atoms with Crippen molar-refractivity contribution in [2.45, 2.75) is 5.16 Å². The Morgan fingerprint density at radius 2 is 1.90 bits per heavy atom. The quantitative estimate of drug-likeness (QED) is 0.529. The molecular weight excluding hydrogens is 282 g/mol. The van der Waals surface area contributed by atoms with Gasteiger partial charge in [-0.25, -0.2) is 9.97 Å². The predicted octanol–water partition coefficient (Wildman–Crippen LogP) is 3.21. The van der Waals surface area contributed by atoms with Gasteiger partial charge >= 0.3 is 0 Å². The fourth-order valence-corrected chi connectivity index (χ4v) is 1.94. The molecule has 0 radical (unpaired) electrons. The Labute approximate surface area is 127 Å². The topological polar surface area (TPSA) is 85.4 Å². The molecule has 102 valence electrons. The van der Waals surface area contributed by atoms with Crippen molar-refractivity contribution in [2.24, 2.45) is 0 Å². The minimum absolute atomic E-state index is 0.0273. The Bertz CT molecular complexity index is 722. The van der Waals surface area contributed by atoms with Crippen LogP contribution in [0.1, 0.15) is 0 Å². The van der Waals surface area contributed by atoms with Crippen molar-refractivity contribution in [2.75, 3.05) is 11.6 Å². The number of allylic oxidation sites excluding steroid dienone is 1. The summed E-state index contributed by atoms with van der Waals surface area (Å²) in [6.45, 7) is 0. The van der Waals surface area contributed by atoms with E-state index in [1.165, 1.54) is 18.0 Å². The van der Waals surface area contributed by atoms with Crippen LogP contribution in [0, 0.1) is 22.7 Å². The minimum Gasteiger partial charge on any atom is -0.360 e. The molecule has 6 heteroatoms. The van der Waals surface area contributed by atoms with Crippen LogP contribution in [0.5, 0.6) is 0 Å². The van der Waals surface area contributed by atoms with Crippen LogP contribution < -0.4 is 5.32 Å². The van der Waals surface area contributed by atoms with Gasteiger partial charge in [-0.1, -0.05) is 23.9 Å². The van der Waals surface area contributed by atoms with Gasteiger partial charge in [0, 0.05) is 23.6 Å². The van der Waals surface area contributed by atoms with Gasteiger partial charge < -0.3 is 5.32 Å². The second-order valence-corrected chi connectivity index (χ2v) is 4.71. The van der Waals surface area contributed by atoms with Crippen molar-refractivity contribution in [3.8, 4) is 23.4 Å². The Balaban J connectivity index is 2.18. The van der Waals surface area contributed by atoms with E-state index in [1.54, 1.807) is 18.3 Å². The lowest BCUT2D eigenvalue weighted by Gasteiger charge is -2.04. The third-order valence-corrected chi connectivity index (χ3v) is 3.18. The predicted molar refractivity (Wildman–Crippen MR) is 82.2 cm³/mol. The normalized spacial score (nSPS) is 9.29. The molecule has 2 aromatic rings. The Morgan fingerprint density at radius 1 is 1.19 bits per heavy atom. The molecule has 1 aromatic carbocycles. The average Bonchev–Trinajstić information content (AvgIpc) is 2.56. The first kappa shape index (κ1) is 14.6. The third-order valence-electron chi connectivity index (χ3n) is 2.62. The molecule has 0 aliphatic carbocycles. The molecule has 0 saturated carbocycles. The molecule has 0 amide bonds. The average molecular weight is 293 g/mol. The van der Waals surface area contributed by atoms with Crippen molar-refractivity contribution >= 4 is 17.4 Å². The van der Waals surface area contributed by atoms with E-state index in [0.29, 0.717) is 0 Å². The first-order valence-electron chi connectivity index (χ1n) is 6.01. The fraction of sp³-hybridized carbons (Fsp3) is 0.0667. The van der Waals surface area contributed by atoms with Crippen molar-refractivity contribution in [3.63, 3.8) is 0 Å². The zero-order valence-corrected chi connectivity index (χ0v) is 12.1. The first-order chi connectivity index (χ1) is 10.3. The van der Waals surface area contributed by atoms with Gasteiger partial charge in [-0.3, -0.25) is 0 Å². The summed E-state index contributed by atoms with van der Waals surface area (Å²) in [5, 5.41) is 20.9. The summed E-state index contributed by atoms with van der Waals surface area (Å²) in [4.78, 5) is 8.56. The number of nitrogens with one attached hydrogen (secondary N) is 1. The Kier molecular flexibility index (Phi) is 4.92. The largest absolute Gasteiger partial charge is 0.360 e. The van der Waals surface area contributed by atoms with Gasteiger partial charge in [0.1, 0.15) is 17.7 Å². The van der Waals surface area contributed by atoms with Crippen LogP contribution >= 0.6 is 11.8 Å². The molecule has 2 rings (SSSR count). The summed E-state index contributed by atoms with van der Waals surface area (Å²) in [5.74, 6) is 0. The Morgan fingerprint density at radius 3 is 2.52 bits per heavy atom. The monoisotopic (exact) mass is 293 g/mol. The van der Waals surface area contributed by atoms with Gasteiger partial charge in [-0.2, -0.15) is 10.5 Å². The second kappa shape index (κ2) is 7.09. The highest BCUT2D eigenvalue weighted by molar-refractivity contribution is 7.98. The highest BCUT2D eigenvalue weighted by Crippen LogP contribution is 2.21. The zero-order valence-electron chi connectivity index (χ0n) is 11.2. The van der Waals surface area contributed by atoms with E-state index in [0.717, 1.165) is 22.1 Å². The zero-order chi connectivity index (χ0) is 15.1. The van der Waals surface area contributed by atoms with E-state index < -0.39 is 0 Å². The number of nitriles is 2. The van der Waals surface area contributed by atoms with Crippen LogP contribution in [0.25, 0.3) is 11.3 Å². The van der Waals surface area contributed by atoms with Crippen LogP contribution in [-0.2, 0) is 0 Å². The smallest absolute Gasteiger partial charge is 0.187 e. The van der Waals surface area contributed by atoms with E-state index in [9.17, 15) is 0 Å². The number of rotatable bonds is 4. The molecule has 0 aliphatic heterocycles. The highest BCUT2D eigenvalue weighted by atomic mass is 32.2. The van der Waals surface area contributed by atoms with Crippen molar-refractivity contribution < 1.29 is 0 Å². The van der Waals surface area contributed by atoms with E-state index in [1.807, 2.05) is 36.6 Å². The molecule has 1 N–H and O–H groups in total. The molecule has 0 fully saturated rings. The molecule has 1 aromatic heterocycles. The molecule has 5 nitrogen and oxygen atoms in total. The number of thioether (sulfide) groups is 1. The maximum atomic E-state index is 8.65. The standard InChI is InChI=1S/C15H11N5S/c1-21-15-18-7-6-14(20-15)12-2-4-13(5-3-12)19-10-11(8-16)9-17/h2-7,10,19H,1H3. The molecule has 1 heterocycles. The molecule has 0 spiro atoms. The van der Waals surface area contributed by atoms with Crippen molar-refractivity contribution in [3.05, 3.63) is 48.3 Å². The summed E-state index contributed by atoms with van der Waals surface area (Å²) < 4.78 is 0. The number of nitrogens with zero attached hydrogens (tertiary/aromatic N) is 4. The lowest BCUT2D eigenvalue weighted by Crippen LogP contribution is -1.91. The molecule has 0 saturated heterocycles. The number of anilines is 1. The summed E-state index contributed by atoms with van der Waals surface area (Å²) in [5.41, 5.74) is 2.65. The molecule has 0 atom stereocenters. The molecule has 0 aliphatic rings. The lowest BCUT2D eigenvalue weighted by atomic mass is 10.1. The van der Waals surface area contributed by atoms with Crippen LogP contribution in [0.4, 0.5) is 5.69 Å². The molecular formula is C15H11N5S. The van der Waals surface area contributed by atoms with E-state index in [-0.39, 0.29) is 5.57 Å². The number of hydrogen-bond donors (Lipinski definition) is 1. The van der Waals surface area contributed by atoms with Crippen LogP contribution in [0.2, 0.25) is 0 Å². The van der Waals surface area contributed by atoms with Crippen molar-refractivity contribution in [1.29, 1.82) is 10.5 Å². The number of benzene rings is 1. The SMILES string of the molecule is CSc1nccc(-c2ccc(NC=C(C#N)C#N)cc2)n1. The maximum Gasteiger partial charge on any atom is 0.187 e. The van der Waals surface area contributed by atoms with Gasteiger partial charge in [0.2, 0.25) is 0 Å². The third kappa shape index (κ3) is 3.82. The van der Waals surface area contributed by atoms with E-state index in [2.05, 4.69) is 15.3 Å². The summed E-state index contributed by atoms with van der Waals surface area (Å²) >= 11 is 1.49. The van der Waals surface area contributed by atoms with E-state index >= 15 is 0 Å². The van der Waals surface area contributed by atoms with Gasteiger partial charge in [-0.05, 0) is 24.5 Å².